The molecule has 0 aliphatic rings. The number of phenolic OH excluding ortho intramolecular Hbond substituents is 1. The summed E-state index contributed by atoms with van der Waals surface area (Å²) < 4.78 is 19.8. The first-order chi connectivity index (χ1) is 12.3. The van der Waals surface area contributed by atoms with Crippen molar-refractivity contribution in [3.63, 3.8) is 0 Å². The molecule has 0 bridgehead atoms. The van der Waals surface area contributed by atoms with E-state index in [1.165, 1.54) is 12.1 Å². The number of rotatable bonds is 4. The third-order valence-corrected chi connectivity index (χ3v) is 4.35. The van der Waals surface area contributed by atoms with Gasteiger partial charge in [-0.25, -0.2) is 9.18 Å². The van der Waals surface area contributed by atoms with Crippen LogP contribution in [-0.4, -0.2) is 24.1 Å². The lowest BCUT2D eigenvalue weighted by Crippen LogP contribution is -2.19. The molecule has 0 fully saturated rings. The molecule has 3 aromatic rings. The number of hydrogen-bond acceptors (Lipinski definition) is 5. The van der Waals surface area contributed by atoms with Crippen molar-refractivity contribution >= 4 is 16.7 Å². The quantitative estimate of drug-likeness (QED) is 0.554. The van der Waals surface area contributed by atoms with Crippen LogP contribution in [0, 0.1) is 12.7 Å². The van der Waals surface area contributed by atoms with Gasteiger partial charge in [0.25, 0.3) is 0 Å². The SMILES string of the molecule is Cc1cc(O)cc2oc(=O)c(Cc3cccc(N)c3F)c(CN(C)C)c12. The van der Waals surface area contributed by atoms with Gasteiger partial charge in [-0.05, 0) is 49.8 Å². The maximum atomic E-state index is 14.4. The Labute approximate surface area is 150 Å². The van der Waals surface area contributed by atoms with E-state index in [9.17, 15) is 14.3 Å². The number of nitrogens with zero attached hydrogens (tertiary/aromatic N) is 1. The summed E-state index contributed by atoms with van der Waals surface area (Å²) in [5, 5.41) is 10.6. The highest BCUT2D eigenvalue weighted by atomic mass is 19.1. The number of benzene rings is 2. The summed E-state index contributed by atoms with van der Waals surface area (Å²) in [5.41, 5.74) is 7.76. The summed E-state index contributed by atoms with van der Waals surface area (Å²) in [7, 11) is 3.78. The van der Waals surface area contributed by atoms with Crippen LogP contribution in [0.25, 0.3) is 11.0 Å². The maximum Gasteiger partial charge on any atom is 0.340 e. The van der Waals surface area contributed by atoms with Crippen molar-refractivity contribution in [1.82, 2.24) is 4.90 Å². The Morgan fingerprint density at radius 3 is 2.65 bits per heavy atom. The highest BCUT2D eigenvalue weighted by Gasteiger charge is 2.19. The van der Waals surface area contributed by atoms with Crippen LogP contribution in [0.3, 0.4) is 0 Å². The fraction of sp³-hybridized carbons (Fsp3) is 0.250. The van der Waals surface area contributed by atoms with Crippen LogP contribution >= 0.6 is 0 Å². The van der Waals surface area contributed by atoms with E-state index in [1.807, 2.05) is 25.9 Å². The monoisotopic (exact) mass is 356 g/mol. The largest absolute Gasteiger partial charge is 0.508 e. The van der Waals surface area contributed by atoms with Crippen LogP contribution in [0.15, 0.2) is 39.5 Å². The Hall–Kier alpha value is -2.86. The van der Waals surface area contributed by atoms with E-state index in [0.29, 0.717) is 23.3 Å². The first-order valence-corrected chi connectivity index (χ1v) is 8.23. The van der Waals surface area contributed by atoms with E-state index in [2.05, 4.69) is 0 Å². The third kappa shape index (κ3) is 3.28. The molecule has 0 aliphatic carbocycles. The number of phenols is 1. The summed E-state index contributed by atoms with van der Waals surface area (Å²) in [6, 6.07) is 7.79. The molecule has 5 nitrogen and oxygen atoms in total. The summed E-state index contributed by atoms with van der Waals surface area (Å²) in [6.07, 6.45) is 0.0820. The lowest BCUT2D eigenvalue weighted by molar-refractivity contribution is 0.400. The van der Waals surface area contributed by atoms with E-state index in [-0.39, 0.29) is 17.9 Å². The predicted octanol–water partition coefficient (Wildman–Crippen LogP) is 3.18. The second-order valence-corrected chi connectivity index (χ2v) is 6.72. The van der Waals surface area contributed by atoms with Gasteiger partial charge in [-0.1, -0.05) is 12.1 Å². The Morgan fingerprint density at radius 2 is 1.96 bits per heavy atom. The second-order valence-electron chi connectivity index (χ2n) is 6.72. The van der Waals surface area contributed by atoms with Crippen molar-refractivity contribution in [3.8, 4) is 5.75 Å². The minimum atomic E-state index is -0.541. The van der Waals surface area contributed by atoms with E-state index in [4.69, 9.17) is 10.2 Å². The fourth-order valence-electron chi connectivity index (χ4n) is 3.24. The number of nitrogen functional groups attached to an aromatic ring is 1. The van der Waals surface area contributed by atoms with Gasteiger partial charge in [0.15, 0.2) is 0 Å². The van der Waals surface area contributed by atoms with Crippen LogP contribution < -0.4 is 11.4 Å². The lowest BCUT2D eigenvalue weighted by atomic mass is 9.95. The second kappa shape index (κ2) is 6.80. The zero-order valence-electron chi connectivity index (χ0n) is 15.0. The van der Waals surface area contributed by atoms with E-state index in [1.54, 1.807) is 18.2 Å². The molecule has 0 saturated carbocycles. The van der Waals surface area contributed by atoms with Gasteiger partial charge in [0.05, 0.1) is 5.69 Å². The molecular formula is C20H21FN2O3. The fourth-order valence-corrected chi connectivity index (χ4v) is 3.24. The van der Waals surface area contributed by atoms with Crippen LogP contribution in [0.5, 0.6) is 5.75 Å². The minimum absolute atomic E-state index is 0.0311. The van der Waals surface area contributed by atoms with Gasteiger partial charge in [-0.15, -0.1) is 0 Å². The molecule has 0 aliphatic heterocycles. The molecule has 0 radical (unpaired) electrons. The van der Waals surface area contributed by atoms with Crippen LogP contribution in [0.1, 0.15) is 22.3 Å². The smallest absolute Gasteiger partial charge is 0.340 e. The van der Waals surface area contributed by atoms with Gasteiger partial charge < -0.3 is 20.2 Å². The Kier molecular flexibility index (Phi) is 4.70. The highest BCUT2D eigenvalue weighted by molar-refractivity contribution is 5.86. The number of nitrogens with two attached hydrogens (primary N) is 1. The zero-order chi connectivity index (χ0) is 19.0. The molecule has 0 atom stereocenters. The molecule has 136 valence electrons. The Morgan fingerprint density at radius 1 is 1.23 bits per heavy atom. The van der Waals surface area contributed by atoms with E-state index < -0.39 is 11.4 Å². The van der Waals surface area contributed by atoms with Gasteiger partial charge in [0.2, 0.25) is 0 Å². The van der Waals surface area contributed by atoms with Crippen LogP contribution in [0.2, 0.25) is 0 Å². The number of halogens is 1. The lowest BCUT2D eigenvalue weighted by Gasteiger charge is -2.17. The number of fused-ring (bicyclic) bond motifs is 1. The van der Waals surface area contributed by atoms with Gasteiger partial charge >= 0.3 is 5.63 Å². The number of aromatic hydroxyl groups is 1. The zero-order valence-corrected chi connectivity index (χ0v) is 15.0. The number of aryl methyl sites for hydroxylation is 1. The Balaban J connectivity index is 2.28. The summed E-state index contributed by atoms with van der Waals surface area (Å²) in [4.78, 5) is 14.6. The van der Waals surface area contributed by atoms with Gasteiger partial charge in [-0.3, -0.25) is 0 Å². The molecule has 0 saturated heterocycles. The van der Waals surface area contributed by atoms with Crippen LogP contribution in [0.4, 0.5) is 10.1 Å². The average Bonchev–Trinajstić information content (AvgIpc) is 2.53. The molecule has 1 aromatic heterocycles. The molecule has 0 spiro atoms. The summed E-state index contributed by atoms with van der Waals surface area (Å²) in [5.74, 6) is -0.492. The minimum Gasteiger partial charge on any atom is -0.508 e. The third-order valence-electron chi connectivity index (χ3n) is 4.35. The topological polar surface area (TPSA) is 79.7 Å². The molecule has 0 amide bonds. The van der Waals surface area contributed by atoms with Crippen molar-refractivity contribution in [2.45, 2.75) is 19.9 Å². The van der Waals surface area contributed by atoms with Crippen molar-refractivity contribution < 1.29 is 13.9 Å². The normalized spacial score (nSPS) is 11.4. The summed E-state index contributed by atoms with van der Waals surface area (Å²) >= 11 is 0. The molecule has 6 heteroatoms. The highest BCUT2D eigenvalue weighted by Crippen LogP contribution is 2.30. The molecular weight excluding hydrogens is 335 g/mol. The standard InChI is InChI=1S/C20H21FN2O3/c1-11-7-13(24)9-17-18(11)15(10-23(2)3)14(20(25)26-17)8-12-5-4-6-16(22)19(12)21/h4-7,9,24H,8,10,22H2,1-3H3. The molecule has 3 N–H and O–H groups in total. The number of anilines is 1. The van der Waals surface area contributed by atoms with Gasteiger partial charge in [-0.2, -0.15) is 0 Å². The maximum absolute atomic E-state index is 14.4. The van der Waals surface area contributed by atoms with E-state index in [0.717, 1.165) is 16.5 Å². The van der Waals surface area contributed by atoms with Crippen molar-refractivity contribution in [3.05, 3.63) is 68.8 Å². The molecule has 3 rings (SSSR count). The van der Waals surface area contributed by atoms with Crippen molar-refractivity contribution in [1.29, 1.82) is 0 Å². The average molecular weight is 356 g/mol. The molecule has 1 heterocycles. The van der Waals surface area contributed by atoms with Crippen molar-refractivity contribution in [2.24, 2.45) is 0 Å². The Bertz CT molecular complexity index is 1040. The predicted molar refractivity (Wildman–Crippen MR) is 99.9 cm³/mol. The van der Waals surface area contributed by atoms with E-state index >= 15 is 0 Å². The summed E-state index contributed by atoms with van der Waals surface area (Å²) in [6.45, 7) is 2.32. The molecule has 2 aromatic carbocycles. The van der Waals surface area contributed by atoms with Gasteiger partial charge in [0, 0.05) is 30.0 Å². The number of hydrogen-bond donors (Lipinski definition) is 2. The first kappa shape index (κ1) is 17.9. The van der Waals surface area contributed by atoms with Gasteiger partial charge in [0.1, 0.15) is 17.1 Å². The van der Waals surface area contributed by atoms with Crippen LogP contribution in [-0.2, 0) is 13.0 Å². The van der Waals surface area contributed by atoms with Crippen molar-refractivity contribution in [2.75, 3.05) is 19.8 Å². The molecule has 0 unspecified atom stereocenters. The first-order valence-electron chi connectivity index (χ1n) is 8.23. The molecule has 26 heavy (non-hydrogen) atoms.